The Kier molecular flexibility index (Phi) is 5.09. The van der Waals surface area contributed by atoms with Crippen molar-refractivity contribution in [2.75, 3.05) is 35.2 Å². The number of benzene rings is 1. The van der Waals surface area contributed by atoms with Gasteiger partial charge in [0.2, 0.25) is 20.1 Å². The number of hydrogen-bond donors (Lipinski definition) is 0. The van der Waals surface area contributed by atoms with Crippen LogP contribution in [-0.2, 0) is 16.0 Å². The predicted molar refractivity (Wildman–Crippen MR) is 128 cm³/mol. The predicted octanol–water partition coefficient (Wildman–Crippen LogP) is 4.17. The van der Waals surface area contributed by atoms with E-state index in [4.69, 9.17) is 0 Å². The number of halogens is 3. The van der Waals surface area contributed by atoms with Crippen LogP contribution in [0.5, 0.6) is 0 Å². The number of para-hydroxylation sites is 1. The molecule has 2 aromatic heterocycles. The molecule has 2 aliphatic heterocycles. The largest absolute Gasteiger partial charge is 0.433 e. The summed E-state index contributed by atoms with van der Waals surface area (Å²) in [5.74, 6) is 0.669. The number of rotatable bonds is 5. The zero-order valence-corrected chi connectivity index (χ0v) is 20.8. The molecule has 4 heterocycles. The van der Waals surface area contributed by atoms with Crippen LogP contribution in [0, 0.1) is 24.7 Å². The first-order valence-electron chi connectivity index (χ1n) is 11.6. The monoisotopic (exact) mass is 523 g/mol. The van der Waals surface area contributed by atoms with Crippen molar-refractivity contribution in [2.24, 2.45) is 17.8 Å². The number of piperidine rings is 1. The molecule has 0 bridgehead atoms. The van der Waals surface area contributed by atoms with Crippen LogP contribution < -0.4 is 9.80 Å². The van der Waals surface area contributed by atoms with E-state index in [2.05, 4.69) is 15.0 Å². The Hall–Kier alpha value is -2.47. The van der Waals surface area contributed by atoms with Gasteiger partial charge in [-0.15, -0.1) is 11.3 Å². The Bertz CT molecular complexity index is 1380. The molecule has 0 spiro atoms. The van der Waals surface area contributed by atoms with Gasteiger partial charge < -0.3 is 9.80 Å². The fourth-order valence-electron chi connectivity index (χ4n) is 5.40. The molecule has 3 aliphatic rings. The first-order chi connectivity index (χ1) is 16.5. The van der Waals surface area contributed by atoms with Crippen LogP contribution >= 0.6 is 11.3 Å². The molecule has 0 radical (unpaired) electrons. The van der Waals surface area contributed by atoms with Gasteiger partial charge in [-0.3, -0.25) is 0 Å². The van der Waals surface area contributed by atoms with Crippen LogP contribution in [0.25, 0.3) is 10.2 Å². The van der Waals surface area contributed by atoms with Gasteiger partial charge in [0.05, 0.1) is 16.0 Å². The van der Waals surface area contributed by atoms with Gasteiger partial charge in [0, 0.05) is 31.2 Å². The summed E-state index contributed by atoms with van der Waals surface area (Å²) in [6.07, 6.45) is -3.67. The van der Waals surface area contributed by atoms with Gasteiger partial charge in [0.15, 0.2) is 5.69 Å². The number of hydrogen-bond acceptors (Lipinski definition) is 8. The van der Waals surface area contributed by atoms with Crippen LogP contribution in [-0.4, -0.2) is 54.8 Å². The molecule has 3 aromatic rings. The lowest BCUT2D eigenvalue weighted by Crippen LogP contribution is -2.47. The normalized spacial score (nSPS) is 26.2. The fraction of sp³-hybridized carbons (Fsp3) is 0.522. The third-order valence-electron chi connectivity index (χ3n) is 7.58. The topological polar surface area (TPSA) is 79.3 Å². The van der Waals surface area contributed by atoms with Gasteiger partial charge in [-0.2, -0.15) is 18.2 Å². The highest BCUT2D eigenvalue weighted by Gasteiger charge is 2.58. The van der Waals surface area contributed by atoms with Crippen molar-refractivity contribution in [1.82, 2.24) is 15.0 Å². The zero-order valence-electron chi connectivity index (χ0n) is 19.2. The molecule has 7 nitrogen and oxygen atoms in total. The second-order valence-electron chi connectivity index (χ2n) is 9.78. The number of anilines is 2. The average Bonchev–Trinajstić information content (AvgIpc) is 3.15. The first-order valence-corrected chi connectivity index (χ1v) is 14.1. The Labute approximate surface area is 204 Å². The summed E-state index contributed by atoms with van der Waals surface area (Å²) in [5.41, 5.74) is -0.202. The number of alkyl halides is 3. The molecule has 3 fully saturated rings. The van der Waals surface area contributed by atoms with E-state index in [1.54, 1.807) is 11.0 Å². The van der Waals surface area contributed by atoms with E-state index >= 15 is 0 Å². The van der Waals surface area contributed by atoms with E-state index < -0.39 is 21.7 Å². The van der Waals surface area contributed by atoms with Crippen molar-refractivity contribution >= 4 is 43.2 Å². The summed E-state index contributed by atoms with van der Waals surface area (Å²) in [7, 11) is -3.53. The van der Waals surface area contributed by atoms with Crippen molar-refractivity contribution in [3.05, 3.63) is 35.5 Å². The summed E-state index contributed by atoms with van der Waals surface area (Å²) < 4.78 is 68.3. The molecule has 35 heavy (non-hydrogen) atoms. The molecule has 0 N–H and O–H groups in total. The van der Waals surface area contributed by atoms with Crippen molar-refractivity contribution in [2.45, 2.75) is 36.8 Å². The highest BCUT2D eigenvalue weighted by molar-refractivity contribution is 7.93. The van der Waals surface area contributed by atoms with Crippen molar-refractivity contribution in [3.8, 4) is 0 Å². The lowest BCUT2D eigenvalue weighted by molar-refractivity contribution is -0.141. The second-order valence-corrected chi connectivity index (χ2v) is 13.0. The quantitative estimate of drug-likeness (QED) is 0.497. The minimum absolute atomic E-state index is 0.0117. The van der Waals surface area contributed by atoms with E-state index in [-0.39, 0.29) is 45.4 Å². The summed E-state index contributed by atoms with van der Waals surface area (Å²) in [5, 5.41) is 0. The van der Waals surface area contributed by atoms with E-state index in [1.807, 2.05) is 30.0 Å². The van der Waals surface area contributed by atoms with Crippen molar-refractivity contribution in [1.29, 1.82) is 0 Å². The van der Waals surface area contributed by atoms with Crippen molar-refractivity contribution < 1.29 is 21.6 Å². The molecule has 186 valence electrons. The number of nitrogens with zero attached hydrogens (tertiary/aromatic N) is 5. The van der Waals surface area contributed by atoms with E-state index in [0.717, 1.165) is 11.1 Å². The summed E-state index contributed by atoms with van der Waals surface area (Å²) in [6, 6.07) is 7.43. The molecule has 6 rings (SSSR count). The van der Waals surface area contributed by atoms with Crippen LogP contribution in [0.3, 0.4) is 0 Å². The van der Waals surface area contributed by atoms with Crippen LogP contribution in [0.15, 0.2) is 28.6 Å². The highest BCUT2D eigenvalue weighted by atomic mass is 32.2. The minimum Gasteiger partial charge on any atom is -0.356 e. The molecule has 2 saturated heterocycles. The molecule has 1 aromatic carbocycles. The summed E-state index contributed by atoms with van der Waals surface area (Å²) >= 11 is 1.18. The molecule has 1 aliphatic carbocycles. The standard InChI is InChI=1S/C23H24F3N5O2S2/c1-12-7-8-31(12)21-28-19(23(24,25)26)13(2)20(29-21)30-9-14-15(10-30)16(14)11-35(32,33)22-27-17-5-3-4-6-18(17)34-22/h3-6,12,14-16H,7-11H2,1-2H3/t12-,14?,15?,16?/m0/s1. The molecular formula is C23H24F3N5O2S2. The van der Waals surface area contributed by atoms with Gasteiger partial charge in [0.25, 0.3) is 0 Å². The van der Waals surface area contributed by atoms with Crippen LogP contribution in [0.2, 0.25) is 0 Å². The third kappa shape index (κ3) is 3.85. The van der Waals surface area contributed by atoms with Crippen molar-refractivity contribution in [3.63, 3.8) is 0 Å². The number of thiazole rings is 1. The molecule has 3 atom stereocenters. The van der Waals surface area contributed by atoms with E-state index in [9.17, 15) is 21.6 Å². The first kappa shape index (κ1) is 23.0. The average molecular weight is 524 g/mol. The maximum absolute atomic E-state index is 13.8. The van der Waals surface area contributed by atoms with Gasteiger partial charge in [-0.25, -0.2) is 18.4 Å². The third-order valence-corrected chi connectivity index (χ3v) is 10.9. The van der Waals surface area contributed by atoms with Gasteiger partial charge in [-0.1, -0.05) is 12.1 Å². The van der Waals surface area contributed by atoms with Gasteiger partial charge in [-0.05, 0) is 50.2 Å². The van der Waals surface area contributed by atoms with Gasteiger partial charge >= 0.3 is 6.18 Å². The van der Waals surface area contributed by atoms with E-state index in [0.29, 0.717) is 31.0 Å². The Balaban J connectivity index is 1.21. The fourth-order valence-corrected chi connectivity index (χ4v) is 8.46. The molecular weight excluding hydrogens is 499 g/mol. The summed E-state index contributed by atoms with van der Waals surface area (Å²) in [4.78, 5) is 16.4. The molecule has 1 saturated carbocycles. The minimum atomic E-state index is -4.57. The maximum atomic E-state index is 13.8. The Morgan fingerprint density at radius 1 is 1.11 bits per heavy atom. The lowest BCUT2D eigenvalue weighted by Gasteiger charge is -2.39. The number of fused-ring (bicyclic) bond motifs is 2. The lowest BCUT2D eigenvalue weighted by atomic mass is 10.1. The Morgan fingerprint density at radius 3 is 2.43 bits per heavy atom. The van der Waals surface area contributed by atoms with E-state index in [1.165, 1.54) is 18.3 Å². The maximum Gasteiger partial charge on any atom is 0.433 e. The molecule has 2 unspecified atom stereocenters. The van der Waals surface area contributed by atoms with Gasteiger partial charge in [0.1, 0.15) is 5.82 Å². The Morgan fingerprint density at radius 2 is 1.83 bits per heavy atom. The second kappa shape index (κ2) is 7.76. The smallest absolute Gasteiger partial charge is 0.356 e. The SMILES string of the molecule is Cc1c(N2CC3C(C2)C3CS(=O)(=O)c2nc3ccccc3s2)nc(N2CC[C@@H]2C)nc1C(F)(F)F. The zero-order chi connectivity index (χ0) is 24.7. The van der Waals surface area contributed by atoms with Crippen LogP contribution in [0.4, 0.5) is 24.9 Å². The highest BCUT2D eigenvalue weighted by Crippen LogP contribution is 2.54. The van der Waals surface area contributed by atoms with Crippen LogP contribution in [0.1, 0.15) is 24.6 Å². The number of sulfone groups is 1. The number of aromatic nitrogens is 3. The molecule has 0 amide bonds. The summed E-state index contributed by atoms with van der Waals surface area (Å²) in [6.45, 7) is 4.99. The molecule has 12 heteroatoms.